The second-order valence-electron chi connectivity index (χ2n) is 6.18. The monoisotopic (exact) mass is 316 g/mol. The lowest BCUT2D eigenvalue weighted by Crippen LogP contribution is -2.45. The summed E-state index contributed by atoms with van der Waals surface area (Å²) in [4.78, 5) is 25.2. The lowest BCUT2D eigenvalue weighted by atomic mass is 9.87. The fourth-order valence-corrected chi connectivity index (χ4v) is 2.00. The van der Waals surface area contributed by atoms with E-state index in [-0.39, 0.29) is 5.70 Å². The Morgan fingerprint density at radius 2 is 1.91 bits per heavy atom. The minimum absolute atomic E-state index is 0.0808. The first-order chi connectivity index (χ1) is 10.2. The van der Waals surface area contributed by atoms with E-state index in [2.05, 4.69) is 16.0 Å². The van der Waals surface area contributed by atoms with Crippen molar-refractivity contribution in [2.45, 2.75) is 26.4 Å². The van der Waals surface area contributed by atoms with Crippen molar-refractivity contribution >= 4 is 12.2 Å². The van der Waals surface area contributed by atoms with Crippen molar-refractivity contribution in [2.24, 2.45) is 5.41 Å². The topological polar surface area (TPSA) is 73.5 Å². The molecule has 1 atom stereocenters. The summed E-state index contributed by atoms with van der Waals surface area (Å²) in [6.07, 6.45) is -0.631. The van der Waals surface area contributed by atoms with Gasteiger partial charge in [-0.05, 0) is 21.1 Å². The molecule has 0 aliphatic carbocycles. The Balaban J connectivity index is 5.04. The van der Waals surface area contributed by atoms with Gasteiger partial charge in [0.1, 0.15) is 5.70 Å². The molecule has 1 amide bonds. The molecule has 0 fully saturated rings. The molecule has 22 heavy (non-hydrogen) atoms. The van der Waals surface area contributed by atoms with Crippen LogP contribution in [0.2, 0.25) is 0 Å². The predicted molar refractivity (Wildman–Crippen MR) is 86.1 cm³/mol. The molecule has 0 rings (SSSR count). The number of amides is 1. The summed E-state index contributed by atoms with van der Waals surface area (Å²) in [6, 6.07) is 0. The molecule has 0 aliphatic heterocycles. The van der Waals surface area contributed by atoms with Crippen LogP contribution in [0.1, 0.15) is 20.3 Å². The minimum Gasteiger partial charge on any atom is -0.390 e. The highest BCUT2D eigenvalue weighted by Crippen LogP contribution is 2.23. The molecule has 0 aromatic rings. The Morgan fingerprint density at radius 1 is 1.32 bits per heavy atom. The van der Waals surface area contributed by atoms with Crippen LogP contribution in [0.4, 0.5) is 4.39 Å². The number of aldehydes is 1. The highest BCUT2D eigenvalue weighted by atomic mass is 19.1. The molecule has 0 radical (unpaired) electrons. The fraction of sp³-hybridized carbons (Fsp3) is 0.733. The van der Waals surface area contributed by atoms with E-state index < -0.39 is 17.5 Å². The Labute approximate surface area is 132 Å². The first-order valence-corrected chi connectivity index (χ1v) is 7.30. The molecule has 0 saturated carbocycles. The molecular formula is C15H29FN4O2. The molecule has 0 aromatic heterocycles. The number of hydrogen-bond acceptors (Lipinski definition) is 5. The van der Waals surface area contributed by atoms with Gasteiger partial charge in [-0.1, -0.05) is 13.8 Å². The van der Waals surface area contributed by atoms with Gasteiger partial charge in [0.15, 0.2) is 12.5 Å². The van der Waals surface area contributed by atoms with Gasteiger partial charge in [-0.15, -0.1) is 0 Å². The standard InChI is InChI=1S/C15H29FN4O2/c1-15(2,10-17-3)13(16)14(22)19-12(9-21)11(18-4)7-8-20(5)6/h9,13,17-18H,7-8,10H2,1-6H3,(H,19,22)/b12-11+. The third-order valence-electron chi connectivity index (χ3n) is 3.36. The van der Waals surface area contributed by atoms with Gasteiger partial charge in [-0.25, -0.2) is 4.39 Å². The van der Waals surface area contributed by atoms with Crippen LogP contribution >= 0.6 is 0 Å². The molecule has 0 spiro atoms. The lowest BCUT2D eigenvalue weighted by molar-refractivity contribution is -0.129. The van der Waals surface area contributed by atoms with Crippen LogP contribution in [0.3, 0.4) is 0 Å². The highest BCUT2D eigenvalue weighted by Gasteiger charge is 2.35. The van der Waals surface area contributed by atoms with Gasteiger partial charge >= 0.3 is 0 Å². The van der Waals surface area contributed by atoms with E-state index in [0.29, 0.717) is 31.5 Å². The number of halogens is 1. The molecule has 1 unspecified atom stereocenters. The number of alkyl halides is 1. The number of allylic oxidation sites excluding steroid dienone is 1. The highest BCUT2D eigenvalue weighted by molar-refractivity contribution is 5.89. The maximum Gasteiger partial charge on any atom is 0.259 e. The summed E-state index contributed by atoms with van der Waals surface area (Å²) in [5, 5.41) is 8.14. The van der Waals surface area contributed by atoms with E-state index in [1.807, 2.05) is 19.0 Å². The number of nitrogens with zero attached hydrogens (tertiary/aromatic N) is 1. The summed E-state index contributed by atoms with van der Waals surface area (Å²) in [5.74, 6) is -0.806. The Hall–Kier alpha value is -1.47. The normalized spacial score (nSPS) is 14.4. The van der Waals surface area contributed by atoms with Crippen LogP contribution < -0.4 is 16.0 Å². The molecule has 6 nitrogen and oxygen atoms in total. The molecule has 0 aliphatic rings. The quantitative estimate of drug-likeness (QED) is 0.398. The first-order valence-electron chi connectivity index (χ1n) is 7.30. The summed E-state index contributed by atoms with van der Waals surface area (Å²) in [5.41, 5.74) is -0.205. The predicted octanol–water partition coefficient (Wildman–Crippen LogP) is 0.268. The van der Waals surface area contributed by atoms with Crippen molar-refractivity contribution in [3.8, 4) is 0 Å². The van der Waals surface area contributed by atoms with Gasteiger partial charge in [0.25, 0.3) is 5.91 Å². The zero-order chi connectivity index (χ0) is 17.3. The number of carbonyl (C=O) groups is 2. The van der Waals surface area contributed by atoms with Gasteiger partial charge in [-0.3, -0.25) is 9.59 Å². The second-order valence-corrected chi connectivity index (χ2v) is 6.18. The summed E-state index contributed by atoms with van der Waals surface area (Å²) in [6.45, 7) is 4.36. The Bertz CT molecular complexity index is 408. The van der Waals surface area contributed by atoms with Gasteiger partial charge < -0.3 is 20.9 Å². The third-order valence-corrected chi connectivity index (χ3v) is 3.36. The minimum atomic E-state index is -1.72. The van der Waals surface area contributed by atoms with E-state index in [9.17, 15) is 14.0 Å². The fourth-order valence-electron chi connectivity index (χ4n) is 2.00. The van der Waals surface area contributed by atoms with Gasteiger partial charge in [-0.2, -0.15) is 0 Å². The van der Waals surface area contributed by atoms with Crippen molar-refractivity contribution in [1.82, 2.24) is 20.9 Å². The lowest BCUT2D eigenvalue weighted by Gasteiger charge is -2.27. The Kier molecular flexibility index (Phi) is 8.89. The first kappa shape index (κ1) is 20.5. The molecule has 0 bridgehead atoms. The Morgan fingerprint density at radius 3 is 2.32 bits per heavy atom. The molecule has 0 heterocycles. The number of carbonyl (C=O) groups excluding carboxylic acids is 2. The van der Waals surface area contributed by atoms with Crippen molar-refractivity contribution < 1.29 is 14.0 Å². The summed E-state index contributed by atoms with van der Waals surface area (Å²) >= 11 is 0. The van der Waals surface area contributed by atoms with Crippen molar-refractivity contribution in [3.63, 3.8) is 0 Å². The van der Waals surface area contributed by atoms with Crippen LogP contribution in [0.15, 0.2) is 11.4 Å². The molecular weight excluding hydrogens is 287 g/mol. The van der Waals surface area contributed by atoms with Crippen LogP contribution in [-0.4, -0.2) is 64.5 Å². The van der Waals surface area contributed by atoms with E-state index in [4.69, 9.17) is 0 Å². The number of hydrogen-bond donors (Lipinski definition) is 3. The molecule has 3 N–H and O–H groups in total. The van der Waals surface area contributed by atoms with Crippen molar-refractivity contribution in [1.29, 1.82) is 0 Å². The van der Waals surface area contributed by atoms with E-state index >= 15 is 0 Å². The maximum absolute atomic E-state index is 14.3. The van der Waals surface area contributed by atoms with Gasteiger partial charge in [0, 0.05) is 37.7 Å². The van der Waals surface area contributed by atoms with Crippen molar-refractivity contribution in [3.05, 3.63) is 11.4 Å². The van der Waals surface area contributed by atoms with E-state index in [1.54, 1.807) is 27.9 Å². The van der Waals surface area contributed by atoms with Crippen LogP contribution in [0.5, 0.6) is 0 Å². The van der Waals surface area contributed by atoms with Crippen LogP contribution in [0, 0.1) is 5.41 Å². The van der Waals surface area contributed by atoms with Crippen LogP contribution in [0.25, 0.3) is 0 Å². The van der Waals surface area contributed by atoms with E-state index in [0.717, 1.165) is 0 Å². The molecule has 0 aromatic carbocycles. The SMILES string of the molecule is CNCC(C)(C)C(F)C(=O)N/C(C=O)=C(\CCN(C)C)NC. The molecule has 7 heteroatoms. The number of rotatable bonds is 10. The molecule has 128 valence electrons. The average molecular weight is 316 g/mol. The molecule has 0 saturated heterocycles. The zero-order valence-corrected chi connectivity index (χ0v) is 14.4. The summed E-state index contributed by atoms with van der Waals surface area (Å²) in [7, 11) is 7.18. The van der Waals surface area contributed by atoms with Gasteiger partial charge in [0.05, 0.1) is 0 Å². The number of nitrogens with one attached hydrogen (secondary N) is 3. The van der Waals surface area contributed by atoms with Gasteiger partial charge in [0.2, 0.25) is 0 Å². The van der Waals surface area contributed by atoms with Crippen LogP contribution in [-0.2, 0) is 9.59 Å². The zero-order valence-electron chi connectivity index (χ0n) is 14.4. The van der Waals surface area contributed by atoms with E-state index in [1.165, 1.54) is 0 Å². The third kappa shape index (κ3) is 6.53. The average Bonchev–Trinajstić information content (AvgIpc) is 2.44. The summed E-state index contributed by atoms with van der Waals surface area (Å²) < 4.78 is 14.3. The smallest absolute Gasteiger partial charge is 0.259 e. The largest absolute Gasteiger partial charge is 0.390 e. The second kappa shape index (κ2) is 9.53. The van der Waals surface area contributed by atoms with Crippen molar-refractivity contribution in [2.75, 3.05) is 41.3 Å². The maximum atomic E-state index is 14.3.